The molecule has 0 radical (unpaired) electrons. The van der Waals surface area contributed by atoms with E-state index < -0.39 is 47.8 Å². The van der Waals surface area contributed by atoms with Gasteiger partial charge in [0.2, 0.25) is 12.0 Å². The second-order valence-electron chi connectivity index (χ2n) is 11.6. The van der Waals surface area contributed by atoms with Crippen LogP contribution in [0.1, 0.15) is 45.1 Å². The van der Waals surface area contributed by atoms with Crippen LogP contribution in [0.3, 0.4) is 0 Å². The van der Waals surface area contributed by atoms with E-state index in [-0.39, 0.29) is 34.8 Å². The zero-order valence-corrected chi connectivity index (χ0v) is 27.0. The molecule has 1 aliphatic heterocycles. The summed E-state index contributed by atoms with van der Waals surface area (Å²) in [6, 6.07) is 16.5. The molecule has 1 aliphatic rings. The average Bonchev–Trinajstić information content (AvgIpc) is 3.07. The van der Waals surface area contributed by atoms with Crippen molar-refractivity contribution in [3.63, 3.8) is 0 Å². The third-order valence-electron chi connectivity index (χ3n) is 8.04. The smallest absolute Gasteiger partial charge is 0.256 e. The first kappa shape index (κ1) is 34.7. The third kappa shape index (κ3) is 7.57. The van der Waals surface area contributed by atoms with Crippen LogP contribution < -0.4 is 25.0 Å². The number of aromatic hydroxyl groups is 1. The highest BCUT2D eigenvalue weighted by Crippen LogP contribution is 2.44. The number of carbonyl (C=O) groups is 1. The lowest BCUT2D eigenvalue weighted by molar-refractivity contribution is -0.265. The van der Waals surface area contributed by atoms with E-state index in [9.17, 15) is 30.0 Å². The van der Waals surface area contributed by atoms with E-state index in [0.717, 1.165) is 24.8 Å². The lowest BCUT2D eigenvalue weighted by atomic mass is 9.98. The number of anilines is 1. The molecule has 1 fully saturated rings. The van der Waals surface area contributed by atoms with E-state index >= 15 is 0 Å². The normalized spacial score (nSPS) is 20.8. The number of hydrogen-bond donors (Lipinski definition) is 5. The molecule has 5 atom stereocenters. The molecule has 1 saturated heterocycles. The van der Waals surface area contributed by atoms with Crippen molar-refractivity contribution < 1.29 is 48.6 Å². The minimum absolute atomic E-state index is 0.0594. The number of hydrogen-bond acceptors (Lipinski definition) is 11. The van der Waals surface area contributed by atoms with Crippen LogP contribution in [0.5, 0.6) is 23.0 Å². The molecule has 0 aliphatic carbocycles. The van der Waals surface area contributed by atoms with Gasteiger partial charge in [-0.3, -0.25) is 9.59 Å². The molecule has 0 saturated carbocycles. The molecule has 1 aromatic heterocycles. The van der Waals surface area contributed by atoms with Crippen LogP contribution >= 0.6 is 0 Å². The summed E-state index contributed by atoms with van der Waals surface area (Å²) >= 11 is 0. The van der Waals surface area contributed by atoms with Gasteiger partial charge < -0.3 is 49.1 Å². The van der Waals surface area contributed by atoms with Crippen molar-refractivity contribution >= 4 is 22.6 Å². The Morgan fingerprint density at radius 1 is 0.896 bits per heavy atom. The van der Waals surface area contributed by atoms with Gasteiger partial charge in [-0.05, 0) is 55.7 Å². The molecule has 12 heteroatoms. The Balaban J connectivity index is 1.48. The standard InChI is InChI=1S/C36H41NO11/c1-4-6-16-44-22-14-12-21(13-15-22)25-18-24(38)28-26(46-25)19-27(33(29(28)39)45-17-7-5-2)47-36-32(42)30(40)31(41)34(48-36)35(43)37-23-11-9-8-10-20(23)3/h8-15,18-19,30-32,34,36,39-42H,4-7,16-17H2,1-3H3,(H,37,43). The minimum atomic E-state index is -1.84. The number of para-hydroxylation sites is 1. The predicted octanol–water partition coefficient (Wildman–Crippen LogP) is 4.66. The number of phenolic OH excluding ortho intramolecular Hbond substituents is 1. The highest BCUT2D eigenvalue weighted by atomic mass is 16.7. The molecule has 5 N–H and O–H groups in total. The molecule has 5 rings (SSSR count). The molecule has 0 spiro atoms. The first-order valence-electron chi connectivity index (χ1n) is 16.1. The Bertz CT molecular complexity index is 1770. The second-order valence-corrected chi connectivity index (χ2v) is 11.6. The van der Waals surface area contributed by atoms with Gasteiger partial charge in [0, 0.05) is 23.4 Å². The average molecular weight is 664 g/mol. The third-order valence-corrected chi connectivity index (χ3v) is 8.04. The van der Waals surface area contributed by atoms with Gasteiger partial charge in [0.15, 0.2) is 23.0 Å². The van der Waals surface area contributed by atoms with Crippen molar-refractivity contribution in [3.05, 3.63) is 76.5 Å². The summed E-state index contributed by atoms with van der Waals surface area (Å²) in [5, 5.41) is 46.0. The molecular formula is C36H41NO11. The maximum Gasteiger partial charge on any atom is 0.256 e. The molecule has 1 amide bonds. The lowest BCUT2D eigenvalue weighted by Gasteiger charge is -2.39. The van der Waals surface area contributed by atoms with Crippen LogP contribution in [0.2, 0.25) is 0 Å². The number of nitrogens with one attached hydrogen (secondary N) is 1. The summed E-state index contributed by atoms with van der Waals surface area (Å²) in [5.74, 6) is -0.878. The number of benzene rings is 3. The molecular weight excluding hydrogens is 622 g/mol. The summed E-state index contributed by atoms with van der Waals surface area (Å²) < 4.78 is 29.3. The summed E-state index contributed by atoms with van der Waals surface area (Å²) in [5.41, 5.74) is 1.19. The SMILES string of the molecule is CCCCOc1ccc(-c2cc(=O)c3c(O)c(OCCCC)c(OC4OC(C(=O)Nc5ccccc5C)C(O)C(O)C4O)cc3o2)cc1. The topological polar surface area (TPSA) is 177 Å². The van der Waals surface area contributed by atoms with Crippen molar-refractivity contribution in [1.29, 1.82) is 0 Å². The zero-order chi connectivity index (χ0) is 34.4. The molecule has 3 aromatic carbocycles. The quantitative estimate of drug-likeness (QED) is 0.126. The summed E-state index contributed by atoms with van der Waals surface area (Å²) in [7, 11) is 0. The fourth-order valence-electron chi connectivity index (χ4n) is 5.20. The number of rotatable bonds is 13. The van der Waals surface area contributed by atoms with Crippen LogP contribution in [0.25, 0.3) is 22.3 Å². The molecule has 48 heavy (non-hydrogen) atoms. The summed E-state index contributed by atoms with van der Waals surface area (Å²) in [6.07, 6.45) is -5.51. The van der Waals surface area contributed by atoms with Gasteiger partial charge in [-0.25, -0.2) is 0 Å². The number of aryl methyl sites for hydroxylation is 1. The number of ether oxygens (including phenoxy) is 4. The molecule has 12 nitrogen and oxygen atoms in total. The Morgan fingerprint density at radius 3 is 2.27 bits per heavy atom. The number of aliphatic hydroxyl groups is 3. The van der Waals surface area contributed by atoms with E-state index in [1.807, 2.05) is 6.92 Å². The van der Waals surface area contributed by atoms with E-state index in [2.05, 4.69) is 12.2 Å². The second kappa shape index (κ2) is 15.5. The van der Waals surface area contributed by atoms with Gasteiger partial charge in [-0.1, -0.05) is 44.9 Å². The molecule has 5 unspecified atom stereocenters. The van der Waals surface area contributed by atoms with Gasteiger partial charge in [-0.2, -0.15) is 0 Å². The van der Waals surface area contributed by atoms with E-state index in [0.29, 0.717) is 30.0 Å². The number of carbonyl (C=O) groups excluding carboxylic acids is 1. The van der Waals surface area contributed by atoms with Crippen LogP contribution in [0.15, 0.2) is 69.9 Å². The number of aliphatic hydroxyl groups excluding tert-OH is 3. The first-order chi connectivity index (χ1) is 23.1. The van der Waals surface area contributed by atoms with Crippen molar-refractivity contribution in [3.8, 4) is 34.3 Å². The van der Waals surface area contributed by atoms with Gasteiger partial charge in [0.05, 0.1) is 13.2 Å². The maximum atomic E-state index is 13.3. The minimum Gasteiger partial charge on any atom is -0.504 e. The Hall–Kier alpha value is -4.62. The van der Waals surface area contributed by atoms with Gasteiger partial charge >= 0.3 is 0 Å². The first-order valence-corrected chi connectivity index (χ1v) is 16.1. The van der Waals surface area contributed by atoms with Crippen molar-refractivity contribution in [2.75, 3.05) is 18.5 Å². The molecule has 2 heterocycles. The number of fused-ring (bicyclic) bond motifs is 1. The van der Waals surface area contributed by atoms with Crippen LogP contribution in [0.4, 0.5) is 5.69 Å². The van der Waals surface area contributed by atoms with E-state index in [1.165, 1.54) is 12.1 Å². The van der Waals surface area contributed by atoms with Crippen LogP contribution in [-0.2, 0) is 9.53 Å². The summed E-state index contributed by atoms with van der Waals surface area (Å²) in [4.78, 5) is 26.5. The van der Waals surface area contributed by atoms with Crippen LogP contribution in [-0.4, -0.2) is 70.3 Å². The molecule has 0 bridgehead atoms. The summed E-state index contributed by atoms with van der Waals surface area (Å²) in [6.45, 7) is 6.54. The predicted molar refractivity (Wildman–Crippen MR) is 178 cm³/mol. The maximum absolute atomic E-state index is 13.3. The monoisotopic (exact) mass is 663 g/mol. The van der Waals surface area contributed by atoms with Crippen molar-refractivity contribution in [2.45, 2.75) is 77.2 Å². The van der Waals surface area contributed by atoms with E-state index in [4.69, 9.17) is 23.4 Å². The van der Waals surface area contributed by atoms with Crippen molar-refractivity contribution in [1.82, 2.24) is 0 Å². The fraction of sp³-hybridized carbons (Fsp3) is 0.389. The Kier molecular flexibility index (Phi) is 11.2. The largest absolute Gasteiger partial charge is 0.504 e. The number of amides is 1. The zero-order valence-electron chi connectivity index (χ0n) is 27.0. The van der Waals surface area contributed by atoms with Gasteiger partial charge in [-0.15, -0.1) is 0 Å². The number of phenols is 1. The Morgan fingerprint density at radius 2 is 1.58 bits per heavy atom. The van der Waals surface area contributed by atoms with Gasteiger partial charge in [0.1, 0.15) is 40.8 Å². The van der Waals surface area contributed by atoms with Crippen LogP contribution in [0, 0.1) is 6.92 Å². The van der Waals surface area contributed by atoms with Gasteiger partial charge in [0.25, 0.3) is 5.91 Å². The van der Waals surface area contributed by atoms with Crippen molar-refractivity contribution in [2.24, 2.45) is 0 Å². The lowest BCUT2D eigenvalue weighted by Crippen LogP contribution is -2.62. The van der Waals surface area contributed by atoms with E-state index in [1.54, 1.807) is 55.5 Å². The Labute approximate surface area is 277 Å². The highest BCUT2D eigenvalue weighted by molar-refractivity contribution is 5.95. The number of unbranched alkanes of at least 4 members (excludes halogenated alkanes) is 2. The molecule has 256 valence electrons. The molecule has 4 aromatic rings. The highest BCUT2D eigenvalue weighted by Gasteiger charge is 2.48. The fourth-order valence-corrected chi connectivity index (χ4v) is 5.20.